The lowest BCUT2D eigenvalue weighted by Crippen LogP contribution is -2.08. The van der Waals surface area contributed by atoms with Crippen LogP contribution in [0.25, 0.3) is 10.2 Å². The molecule has 5 nitrogen and oxygen atoms in total. The second kappa shape index (κ2) is 6.36. The number of thiophene rings is 1. The zero-order chi connectivity index (χ0) is 16.4. The van der Waals surface area contributed by atoms with Crippen LogP contribution in [0.15, 0.2) is 36.4 Å². The van der Waals surface area contributed by atoms with Gasteiger partial charge in [0.1, 0.15) is 15.5 Å². The van der Waals surface area contributed by atoms with E-state index in [1.807, 2.05) is 19.1 Å². The first-order valence-electron chi connectivity index (χ1n) is 7.05. The number of para-hydroxylation sites is 1. The van der Waals surface area contributed by atoms with Gasteiger partial charge in [0, 0.05) is 18.2 Å². The van der Waals surface area contributed by atoms with Gasteiger partial charge in [-0.3, -0.25) is 0 Å². The van der Waals surface area contributed by atoms with Crippen molar-refractivity contribution in [3.63, 3.8) is 0 Å². The fraction of sp³-hybridized carbons (Fsp3) is 0.176. The number of nitrogen functional groups attached to an aromatic ring is 1. The number of pyridine rings is 1. The van der Waals surface area contributed by atoms with Crippen molar-refractivity contribution >= 4 is 33.2 Å². The Kier molecular flexibility index (Phi) is 4.27. The lowest BCUT2D eigenvalue weighted by atomic mass is 10.1. The molecule has 0 bridgehead atoms. The van der Waals surface area contributed by atoms with Crippen molar-refractivity contribution in [1.29, 1.82) is 0 Å². The van der Waals surface area contributed by atoms with Crippen molar-refractivity contribution < 1.29 is 14.3 Å². The van der Waals surface area contributed by atoms with Crippen LogP contribution in [0.2, 0.25) is 0 Å². The highest BCUT2D eigenvalue weighted by Crippen LogP contribution is 2.36. The summed E-state index contributed by atoms with van der Waals surface area (Å²) in [5.41, 5.74) is 8.36. The van der Waals surface area contributed by atoms with Crippen LogP contribution in [0.4, 0.5) is 5.69 Å². The molecule has 2 N–H and O–H groups in total. The van der Waals surface area contributed by atoms with Crippen LogP contribution in [0, 0.1) is 6.92 Å². The molecule has 1 aromatic carbocycles. The smallest absolute Gasteiger partial charge is 0.355 e. The van der Waals surface area contributed by atoms with Crippen LogP contribution in [-0.2, 0) is 11.3 Å². The number of aromatic nitrogens is 1. The largest absolute Gasteiger partial charge is 0.422 e. The van der Waals surface area contributed by atoms with Crippen molar-refractivity contribution in [3.8, 4) is 5.75 Å². The van der Waals surface area contributed by atoms with E-state index in [1.54, 1.807) is 31.4 Å². The lowest BCUT2D eigenvalue weighted by Gasteiger charge is -2.05. The Balaban J connectivity index is 2.03. The molecular formula is C17H16N2O3S. The predicted molar refractivity (Wildman–Crippen MR) is 90.9 cm³/mol. The van der Waals surface area contributed by atoms with Crippen molar-refractivity contribution in [1.82, 2.24) is 4.98 Å². The van der Waals surface area contributed by atoms with Gasteiger partial charge in [0.25, 0.3) is 0 Å². The van der Waals surface area contributed by atoms with Gasteiger partial charge in [-0.15, -0.1) is 11.3 Å². The summed E-state index contributed by atoms with van der Waals surface area (Å²) in [6.45, 7) is 2.31. The summed E-state index contributed by atoms with van der Waals surface area (Å²) in [6.07, 6.45) is 0. The fourth-order valence-corrected chi connectivity index (χ4v) is 3.46. The van der Waals surface area contributed by atoms with Crippen molar-refractivity contribution in [2.75, 3.05) is 12.8 Å². The highest BCUT2D eigenvalue weighted by atomic mass is 32.1. The van der Waals surface area contributed by atoms with E-state index in [2.05, 4.69) is 4.98 Å². The molecule has 0 fully saturated rings. The maximum Gasteiger partial charge on any atom is 0.355 e. The number of rotatable bonds is 4. The lowest BCUT2D eigenvalue weighted by molar-refractivity contribution is 0.0741. The standard InChI is InChI=1S/C17H16N2O3S/c1-10-8-11(9-21-2)13-14(18)15(23-16(13)19-10)17(20)22-12-6-4-3-5-7-12/h3-8H,9,18H2,1-2H3. The van der Waals surface area contributed by atoms with Gasteiger partial charge in [0.05, 0.1) is 12.3 Å². The summed E-state index contributed by atoms with van der Waals surface area (Å²) < 4.78 is 10.6. The zero-order valence-electron chi connectivity index (χ0n) is 12.8. The summed E-state index contributed by atoms with van der Waals surface area (Å²) in [6, 6.07) is 10.8. The molecule has 0 saturated heterocycles. The zero-order valence-corrected chi connectivity index (χ0v) is 13.6. The van der Waals surface area contributed by atoms with Crippen molar-refractivity contribution in [2.45, 2.75) is 13.5 Å². The van der Waals surface area contributed by atoms with Gasteiger partial charge in [0.2, 0.25) is 0 Å². The third-order valence-corrected chi connectivity index (χ3v) is 4.43. The molecule has 0 aliphatic rings. The number of carbonyl (C=O) groups excluding carboxylic acids is 1. The molecule has 0 aliphatic carbocycles. The van der Waals surface area contributed by atoms with Gasteiger partial charge in [-0.25, -0.2) is 9.78 Å². The Morgan fingerprint density at radius 2 is 2.04 bits per heavy atom. The Labute approximate surface area is 137 Å². The van der Waals surface area contributed by atoms with Gasteiger partial charge in [-0.05, 0) is 30.7 Å². The monoisotopic (exact) mass is 328 g/mol. The molecule has 0 unspecified atom stereocenters. The molecule has 2 heterocycles. The van der Waals surface area contributed by atoms with Crippen molar-refractivity contribution in [2.24, 2.45) is 0 Å². The number of anilines is 1. The third-order valence-electron chi connectivity index (χ3n) is 3.35. The molecule has 118 valence electrons. The number of ether oxygens (including phenoxy) is 2. The molecule has 0 saturated carbocycles. The molecule has 6 heteroatoms. The molecule has 3 rings (SSSR count). The third kappa shape index (κ3) is 3.04. The van der Waals surface area contributed by atoms with Crippen LogP contribution in [0.5, 0.6) is 5.75 Å². The molecule has 0 amide bonds. The summed E-state index contributed by atoms with van der Waals surface area (Å²) in [5, 5.41) is 0.766. The number of fused-ring (bicyclic) bond motifs is 1. The number of hydrogen-bond donors (Lipinski definition) is 1. The maximum atomic E-state index is 12.4. The Morgan fingerprint density at radius 3 is 2.74 bits per heavy atom. The van der Waals surface area contributed by atoms with E-state index in [1.165, 1.54) is 11.3 Å². The maximum absolute atomic E-state index is 12.4. The van der Waals surface area contributed by atoms with Crippen LogP contribution in [0.1, 0.15) is 20.9 Å². The van der Waals surface area contributed by atoms with Crippen LogP contribution in [-0.4, -0.2) is 18.1 Å². The number of methoxy groups -OCH3 is 1. The normalized spacial score (nSPS) is 10.9. The number of carbonyl (C=O) groups is 1. The average molecular weight is 328 g/mol. The number of nitrogens with zero attached hydrogens (tertiary/aromatic N) is 1. The SMILES string of the molecule is COCc1cc(C)nc2sc(C(=O)Oc3ccccc3)c(N)c12. The Morgan fingerprint density at radius 1 is 1.30 bits per heavy atom. The number of hydrogen-bond acceptors (Lipinski definition) is 6. The average Bonchev–Trinajstić information content (AvgIpc) is 2.85. The predicted octanol–water partition coefficient (Wildman–Crippen LogP) is 3.55. The van der Waals surface area contributed by atoms with Crippen LogP contribution in [0.3, 0.4) is 0 Å². The number of nitrogens with two attached hydrogens (primary N) is 1. The Bertz CT molecular complexity index is 859. The quantitative estimate of drug-likeness (QED) is 0.585. The minimum absolute atomic E-state index is 0.360. The van der Waals surface area contributed by atoms with E-state index in [-0.39, 0.29) is 0 Å². The van der Waals surface area contributed by atoms with Gasteiger partial charge in [-0.2, -0.15) is 0 Å². The van der Waals surface area contributed by atoms with E-state index in [0.29, 0.717) is 22.9 Å². The fourth-order valence-electron chi connectivity index (χ4n) is 2.40. The van der Waals surface area contributed by atoms with Gasteiger partial charge < -0.3 is 15.2 Å². The van der Waals surface area contributed by atoms with Crippen LogP contribution >= 0.6 is 11.3 Å². The molecule has 23 heavy (non-hydrogen) atoms. The van der Waals surface area contributed by atoms with E-state index in [4.69, 9.17) is 15.2 Å². The summed E-state index contributed by atoms with van der Waals surface area (Å²) in [5.74, 6) is 0.00771. The van der Waals surface area contributed by atoms with Gasteiger partial charge in [-0.1, -0.05) is 18.2 Å². The summed E-state index contributed by atoms with van der Waals surface area (Å²) in [7, 11) is 1.62. The summed E-state index contributed by atoms with van der Waals surface area (Å²) in [4.78, 5) is 18.0. The number of esters is 1. The topological polar surface area (TPSA) is 74.4 Å². The highest BCUT2D eigenvalue weighted by Gasteiger charge is 2.21. The first-order chi connectivity index (χ1) is 11.1. The molecule has 0 atom stereocenters. The van der Waals surface area contributed by atoms with E-state index in [9.17, 15) is 4.79 Å². The second-order valence-corrected chi connectivity index (χ2v) is 6.08. The second-order valence-electron chi connectivity index (χ2n) is 5.08. The molecule has 0 radical (unpaired) electrons. The van der Waals surface area contributed by atoms with E-state index < -0.39 is 5.97 Å². The van der Waals surface area contributed by atoms with E-state index >= 15 is 0 Å². The minimum atomic E-state index is -0.474. The first-order valence-corrected chi connectivity index (χ1v) is 7.86. The first kappa shape index (κ1) is 15.5. The number of benzene rings is 1. The minimum Gasteiger partial charge on any atom is -0.422 e. The molecule has 0 spiro atoms. The van der Waals surface area contributed by atoms with Gasteiger partial charge in [0.15, 0.2) is 0 Å². The van der Waals surface area contributed by atoms with E-state index in [0.717, 1.165) is 21.5 Å². The highest BCUT2D eigenvalue weighted by molar-refractivity contribution is 7.21. The molecule has 3 aromatic rings. The molecule has 2 aromatic heterocycles. The summed E-state index contributed by atoms with van der Waals surface area (Å²) >= 11 is 1.24. The van der Waals surface area contributed by atoms with Crippen LogP contribution < -0.4 is 10.5 Å². The molecular weight excluding hydrogens is 312 g/mol. The van der Waals surface area contributed by atoms with Gasteiger partial charge >= 0.3 is 5.97 Å². The molecule has 0 aliphatic heterocycles. The Hall–Kier alpha value is -2.44. The number of aryl methyl sites for hydroxylation is 1. The van der Waals surface area contributed by atoms with Crippen molar-refractivity contribution in [3.05, 3.63) is 52.5 Å².